The van der Waals surface area contributed by atoms with Gasteiger partial charge in [0.1, 0.15) is 12.1 Å². The molecule has 3 N–H and O–H groups in total. The quantitative estimate of drug-likeness (QED) is 0.501. The van der Waals surface area contributed by atoms with Crippen molar-refractivity contribution in [3.05, 3.63) is 68.5 Å². The fourth-order valence-corrected chi connectivity index (χ4v) is 4.65. The Labute approximate surface area is 182 Å². The Morgan fingerprint density at radius 1 is 1.33 bits per heavy atom. The van der Waals surface area contributed by atoms with Crippen molar-refractivity contribution in [2.75, 3.05) is 5.32 Å². The van der Waals surface area contributed by atoms with Gasteiger partial charge in [0.25, 0.3) is 0 Å². The van der Waals surface area contributed by atoms with Crippen LogP contribution in [0.4, 0.5) is 5.82 Å². The van der Waals surface area contributed by atoms with Gasteiger partial charge in [0.2, 0.25) is 5.78 Å². The molecule has 1 aromatic carbocycles. The molecule has 1 aliphatic carbocycles. The summed E-state index contributed by atoms with van der Waals surface area (Å²) < 4.78 is 0. The van der Waals surface area contributed by atoms with E-state index in [2.05, 4.69) is 20.3 Å². The van der Waals surface area contributed by atoms with Gasteiger partial charge in [0, 0.05) is 22.5 Å². The molecule has 1 fully saturated rings. The molecule has 4 rings (SSSR count). The first-order chi connectivity index (χ1) is 14.4. The molecule has 7 nitrogen and oxygen atoms in total. The Morgan fingerprint density at radius 2 is 2.17 bits per heavy atom. The maximum Gasteiger partial charge on any atom is 0.226 e. The van der Waals surface area contributed by atoms with Gasteiger partial charge in [-0.1, -0.05) is 23.7 Å². The number of nitrogens with one attached hydrogen (secondary N) is 1. The minimum absolute atomic E-state index is 0.281. The fourth-order valence-electron chi connectivity index (χ4n) is 3.55. The van der Waals surface area contributed by atoms with Gasteiger partial charge < -0.3 is 15.5 Å². The van der Waals surface area contributed by atoms with E-state index in [1.165, 1.54) is 23.9 Å². The summed E-state index contributed by atoms with van der Waals surface area (Å²) in [7, 11) is 0. The lowest BCUT2D eigenvalue weighted by atomic mass is 10.1. The molecule has 0 spiro atoms. The summed E-state index contributed by atoms with van der Waals surface area (Å²) in [5.41, 5.74) is 2.13. The first-order valence-corrected chi connectivity index (χ1v) is 10.8. The van der Waals surface area contributed by atoms with Crippen LogP contribution in [0.5, 0.6) is 0 Å². The monoisotopic (exact) mass is 444 g/mol. The lowest BCUT2D eigenvalue weighted by Crippen LogP contribution is -2.35. The molecule has 0 amide bonds. The Hall–Kier alpha value is -2.39. The highest BCUT2D eigenvalue weighted by molar-refractivity contribution is 7.13. The Balaban J connectivity index is 1.57. The van der Waals surface area contributed by atoms with E-state index in [9.17, 15) is 15.0 Å². The van der Waals surface area contributed by atoms with Gasteiger partial charge in [0.05, 0.1) is 29.5 Å². The molecular weight excluding hydrogens is 424 g/mol. The lowest BCUT2D eigenvalue weighted by molar-refractivity contribution is 0.0391. The number of thiazole rings is 1. The number of anilines is 1. The van der Waals surface area contributed by atoms with Crippen molar-refractivity contribution in [3.8, 4) is 0 Å². The largest absolute Gasteiger partial charge is 0.390 e. The zero-order valence-electron chi connectivity index (χ0n) is 16.2. The van der Waals surface area contributed by atoms with Crippen LogP contribution in [0.2, 0.25) is 5.02 Å². The van der Waals surface area contributed by atoms with E-state index in [-0.39, 0.29) is 17.4 Å². The molecule has 9 heteroatoms. The normalized spacial score (nSPS) is 21.0. The average molecular weight is 445 g/mol. The van der Waals surface area contributed by atoms with Crippen LogP contribution in [0.15, 0.2) is 36.8 Å². The number of benzene rings is 1. The summed E-state index contributed by atoms with van der Waals surface area (Å²) in [5, 5.41) is 24.0. The van der Waals surface area contributed by atoms with Crippen LogP contribution < -0.4 is 5.32 Å². The summed E-state index contributed by atoms with van der Waals surface area (Å²) in [6, 6.07) is 7.19. The van der Waals surface area contributed by atoms with Gasteiger partial charge in [0.15, 0.2) is 5.01 Å². The molecule has 3 atom stereocenters. The highest BCUT2D eigenvalue weighted by Gasteiger charge is 2.34. The van der Waals surface area contributed by atoms with E-state index in [1.54, 1.807) is 0 Å². The van der Waals surface area contributed by atoms with Crippen LogP contribution in [0.1, 0.15) is 44.3 Å². The molecule has 3 aromatic rings. The van der Waals surface area contributed by atoms with Crippen molar-refractivity contribution in [2.45, 2.75) is 44.4 Å². The third kappa shape index (κ3) is 4.37. The maximum atomic E-state index is 13.2. The number of aromatic nitrogens is 3. The minimum atomic E-state index is -0.908. The summed E-state index contributed by atoms with van der Waals surface area (Å²) in [6.45, 7) is 1.94. The van der Waals surface area contributed by atoms with E-state index >= 15 is 0 Å². The lowest BCUT2D eigenvalue weighted by Gasteiger charge is -2.19. The van der Waals surface area contributed by atoms with Crippen LogP contribution in [0.25, 0.3) is 0 Å². The predicted octanol–water partition coefficient (Wildman–Crippen LogP) is 3.01. The summed E-state index contributed by atoms with van der Waals surface area (Å²) >= 11 is 7.39. The molecule has 30 heavy (non-hydrogen) atoms. The minimum Gasteiger partial charge on any atom is -0.390 e. The zero-order valence-corrected chi connectivity index (χ0v) is 17.8. The molecule has 1 saturated carbocycles. The van der Waals surface area contributed by atoms with Gasteiger partial charge in [-0.05, 0) is 37.5 Å². The number of aliphatic hydroxyl groups excluding tert-OH is 2. The molecule has 0 bridgehead atoms. The van der Waals surface area contributed by atoms with Crippen LogP contribution in [0.3, 0.4) is 0 Å². The van der Waals surface area contributed by atoms with Gasteiger partial charge in [-0.15, -0.1) is 11.3 Å². The number of ketones is 1. The molecule has 0 radical (unpaired) electrons. The van der Waals surface area contributed by atoms with E-state index in [0.717, 1.165) is 16.1 Å². The molecule has 0 aliphatic heterocycles. The molecular formula is C21H21ClN4O3S. The van der Waals surface area contributed by atoms with Crippen molar-refractivity contribution < 1.29 is 15.0 Å². The number of nitrogens with zero attached hydrogens (tertiary/aromatic N) is 3. The number of carbonyl (C=O) groups excluding carboxylic acids is 1. The highest BCUT2D eigenvalue weighted by atomic mass is 35.5. The fraction of sp³-hybridized carbons (Fsp3) is 0.333. The van der Waals surface area contributed by atoms with E-state index in [1.807, 2.05) is 31.2 Å². The second-order valence-electron chi connectivity index (χ2n) is 7.33. The first-order valence-electron chi connectivity index (χ1n) is 9.60. The third-order valence-electron chi connectivity index (χ3n) is 5.21. The summed E-state index contributed by atoms with van der Waals surface area (Å²) in [4.78, 5) is 26.8. The smallest absolute Gasteiger partial charge is 0.226 e. The molecule has 2 heterocycles. The van der Waals surface area contributed by atoms with Crippen molar-refractivity contribution >= 4 is 34.5 Å². The molecule has 2 aromatic heterocycles. The van der Waals surface area contributed by atoms with Crippen LogP contribution in [-0.2, 0) is 6.42 Å². The van der Waals surface area contributed by atoms with E-state index < -0.39 is 12.2 Å². The summed E-state index contributed by atoms with van der Waals surface area (Å²) in [5.74, 6) is 0.0500. The highest BCUT2D eigenvalue weighted by Crippen LogP contribution is 2.27. The Bertz CT molecular complexity index is 1070. The van der Waals surface area contributed by atoms with Crippen LogP contribution >= 0.6 is 22.9 Å². The van der Waals surface area contributed by atoms with Crippen molar-refractivity contribution in [1.29, 1.82) is 0 Å². The molecule has 0 saturated heterocycles. The third-order valence-corrected chi connectivity index (χ3v) is 6.45. The van der Waals surface area contributed by atoms with E-state index in [4.69, 9.17) is 11.6 Å². The molecule has 0 unspecified atom stereocenters. The Kier molecular flexibility index (Phi) is 6.10. The summed E-state index contributed by atoms with van der Waals surface area (Å²) in [6.07, 6.45) is 2.76. The second-order valence-corrected chi connectivity index (χ2v) is 8.97. The van der Waals surface area contributed by atoms with Gasteiger partial charge >= 0.3 is 0 Å². The molecule has 1 aliphatic rings. The predicted molar refractivity (Wildman–Crippen MR) is 115 cm³/mol. The second kappa shape index (κ2) is 8.77. The standard InChI is InChI=1S/C21H21ClN4O3S/c1-11-16(8-12-3-2-4-13(22)7-12)26-21(30-11)18(28)14-9-23-10-24-20(14)25-15-5-6-17(27)19(15)29/h2-4,7,9-10,15,17,19,27,29H,5-6,8H2,1H3,(H,23,24,25)/t15-,17-,19+/m1/s1. The van der Waals surface area contributed by atoms with Crippen molar-refractivity contribution in [3.63, 3.8) is 0 Å². The average Bonchev–Trinajstić information content (AvgIpc) is 3.25. The van der Waals surface area contributed by atoms with Gasteiger partial charge in [-0.25, -0.2) is 15.0 Å². The topological polar surface area (TPSA) is 108 Å². The zero-order chi connectivity index (χ0) is 21.3. The number of hydrogen-bond donors (Lipinski definition) is 3. The van der Waals surface area contributed by atoms with Gasteiger partial charge in [-0.3, -0.25) is 4.79 Å². The number of halogens is 1. The number of rotatable bonds is 6. The number of hydrogen-bond acceptors (Lipinski definition) is 8. The van der Waals surface area contributed by atoms with E-state index in [0.29, 0.717) is 35.1 Å². The number of aliphatic hydroxyl groups is 2. The maximum absolute atomic E-state index is 13.2. The Morgan fingerprint density at radius 3 is 2.90 bits per heavy atom. The number of aryl methyl sites for hydroxylation is 1. The molecule has 156 valence electrons. The van der Waals surface area contributed by atoms with Crippen molar-refractivity contribution in [1.82, 2.24) is 15.0 Å². The van der Waals surface area contributed by atoms with Crippen LogP contribution in [0, 0.1) is 6.92 Å². The van der Waals surface area contributed by atoms with Gasteiger partial charge in [-0.2, -0.15) is 0 Å². The number of carbonyl (C=O) groups is 1. The van der Waals surface area contributed by atoms with Crippen LogP contribution in [-0.4, -0.2) is 49.2 Å². The SMILES string of the molecule is Cc1sc(C(=O)c2cncnc2N[C@@H]2CC[C@@H](O)[C@H]2O)nc1Cc1cccc(Cl)c1. The first kappa shape index (κ1) is 20.9. The van der Waals surface area contributed by atoms with Crippen molar-refractivity contribution in [2.24, 2.45) is 0 Å².